The van der Waals surface area contributed by atoms with Crippen LogP contribution < -0.4 is 10.2 Å². The van der Waals surface area contributed by atoms with Gasteiger partial charge in [-0.3, -0.25) is 34.6 Å². The van der Waals surface area contributed by atoms with Gasteiger partial charge in [0.25, 0.3) is 29.1 Å². The number of amides is 3. The summed E-state index contributed by atoms with van der Waals surface area (Å²) in [6, 6.07) is 14.4. The zero-order valence-corrected chi connectivity index (χ0v) is 16.1. The number of rotatable bonds is 5. The highest BCUT2D eigenvalue weighted by Gasteiger charge is 2.38. The maximum atomic E-state index is 12.8. The van der Waals surface area contributed by atoms with Crippen molar-refractivity contribution >= 4 is 40.5 Å². The number of nitro groups is 2. The average molecular weight is 432 g/mol. The minimum absolute atomic E-state index is 0.0204. The molecule has 11 nitrogen and oxygen atoms in total. The van der Waals surface area contributed by atoms with E-state index in [-0.39, 0.29) is 39.4 Å². The number of carbonyl (C=O) groups is 3. The number of nitrogens with zero attached hydrogens (tertiary/aromatic N) is 3. The van der Waals surface area contributed by atoms with E-state index in [1.165, 1.54) is 54.6 Å². The van der Waals surface area contributed by atoms with E-state index in [1.54, 1.807) is 0 Å². The number of nitrogens with one attached hydrogen (secondary N) is 1. The zero-order chi connectivity index (χ0) is 23.0. The van der Waals surface area contributed by atoms with E-state index < -0.39 is 27.6 Å². The van der Waals surface area contributed by atoms with Crippen molar-refractivity contribution in [1.82, 2.24) is 0 Å². The van der Waals surface area contributed by atoms with E-state index in [9.17, 15) is 34.6 Å². The highest BCUT2D eigenvalue weighted by atomic mass is 16.6. The molecule has 158 valence electrons. The molecule has 1 aliphatic rings. The van der Waals surface area contributed by atoms with Crippen molar-refractivity contribution in [3.05, 3.63) is 104 Å². The van der Waals surface area contributed by atoms with Gasteiger partial charge in [0.1, 0.15) is 0 Å². The number of hydrogen-bond acceptors (Lipinski definition) is 7. The monoisotopic (exact) mass is 432 g/mol. The smallest absolute Gasteiger partial charge is 0.271 e. The van der Waals surface area contributed by atoms with E-state index in [4.69, 9.17) is 0 Å². The molecule has 0 spiro atoms. The number of non-ortho nitro benzene ring substituents is 2. The van der Waals surface area contributed by atoms with Gasteiger partial charge in [-0.25, -0.2) is 4.90 Å². The SMILES string of the molecule is O=C(Nc1cccc([N+](=O)[O-])c1)c1cccc(N2C(=O)c3ccc([N+](=O)[O-])cc3C2=O)c1. The number of fused-ring (bicyclic) bond motifs is 1. The topological polar surface area (TPSA) is 153 Å². The van der Waals surface area contributed by atoms with Crippen LogP contribution >= 0.6 is 0 Å². The molecule has 1 aliphatic heterocycles. The largest absolute Gasteiger partial charge is 0.322 e. The lowest BCUT2D eigenvalue weighted by molar-refractivity contribution is -0.385. The van der Waals surface area contributed by atoms with Gasteiger partial charge in [-0.2, -0.15) is 0 Å². The predicted molar refractivity (Wildman–Crippen MR) is 112 cm³/mol. The Kier molecular flexibility index (Phi) is 4.91. The van der Waals surface area contributed by atoms with Crippen molar-refractivity contribution in [3.8, 4) is 0 Å². The van der Waals surface area contributed by atoms with Crippen LogP contribution in [-0.4, -0.2) is 27.6 Å². The molecule has 0 unspecified atom stereocenters. The summed E-state index contributed by atoms with van der Waals surface area (Å²) in [5.41, 5.74) is -0.207. The second-order valence-electron chi connectivity index (χ2n) is 6.74. The van der Waals surface area contributed by atoms with Gasteiger partial charge in [0, 0.05) is 35.5 Å². The van der Waals surface area contributed by atoms with Crippen LogP contribution in [0.5, 0.6) is 0 Å². The minimum atomic E-state index is -0.745. The third-order valence-electron chi connectivity index (χ3n) is 4.76. The molecule has 1 heterocycles. The second kappa shape index (κ2) is 7.72. The number of carbonyl (C=O) groups excluding carboxylic acids is 3. The maximum absolute atomic E-state index is 12.8. The Morgan fingerprint density at radius 2 is 1.44 bits per heavy atom. The molecule has 0 radical (unpaired) electrons. The zero-order valence-electron chi connectivity index (χ0n) is 16.1. The first kappa shape index (κ1) is 20.3. The first-order valence-electron chi connectivity index (χ1n) is 9.09. The quantitative estimate of drug-likeness (QED) is 0.367. The summed E-state index contributed by atoms with van der Waals surface area (Å²) in [5, 5.41) is 24.4. The van der Waals surface area contributed by atoms with Crippen molar-refractivity contribution in [2.75, 3.05) is 10.2 Å². The van der Waals surface area contributed by atoms with Gasteiger partial charge in [-0.1, -0.05) is 12.1 Å². The van der Waals surface area contributed by atoms with Gasteiger partial charge in [0.2, 0.25) is 0 Å². The lowest BCUT2D eigenvalue weighted by Gasteiger charge is -2.15. The van der Waals surface area contributed by atoms with Gasteiger partial charge in [0.15, 0.2) is 0 Å². The van der Waals surface area contributed by atoms with E-state index >= 15 is 0 Å². The van der Waals surface area contributed by atoms with Gasteiger partial charge in [0.05, 0.1) is 26.7 Å². The van der Waals surface area contributed by atoms with E-state index in [0.29, 0.717) is 0 Å². The molecule has 3 amide bonds. The molecule has 1 N–H and O–H groups in total. The highest BCUT2D eigenvalue weighted by molar-refractivity contribution is 6.34. The van der Waals surface area contributed by atoms with Gasteiger partial charge < -0.3 is 5.32 Å². The maximum Gasteiger partial charge on any atom is 0.271 e. The van der Waals surface area contributed by atoms with Crippen LogP contribution in [0.25, 0.3) is 0 Å². The molecular formula is C21H12N4O7. The molecule has 0 aromatic heterocycles. The summed E-state index contributed by atoms with van der Waals surface area (Å²) in [4.78, 5) is 59.6. The normalized spacial score (nSPS) is 12.4. The molecule has 32 heavy (non-hydrogen) atoms. The molecule has 11 heteroatoms. The van der Waals surface area contributed by atoms with Crippen LogP contribution in [-0.2, 0) is 0 Å². The van der Waals surface area contributed by atoms with Crippen molar-refractivity contribution < 1.29 is 24.2 Å². The Bertz CT molecular complexity index is 1340. The summed E-state index contributed by atoms with van der Waals surface area (Å²) in [6.45, 7) is 0. The molecule has 0 bridgehead atoms. The fourth-order valence-electron chi connectivity index (χ4n) is 3.26. The van der Waals surface area contributed by atoms with Crippen LogP contribution in [0.2, 0.25) is 0 Å². The lowest BCUT2D eigenvalue weighted by Crippen LogP contribution is -2.29. The van der Waals surface area contributed by atoms with Gasteiger partial charge in [-0.05, 0) is 30.3 Å². The number of imide groups is 1. The Balaban J connectivity index is 1.62. The third kappa shape index (κ3) is 3.54. The summed E-state index contributed by atoms with van der Waals surface area (Å²) < 4.78 is 0. The van der Waals surface area contributed by atoms with Gasteiger partial charge in [-0.15, -0.1) is 0 Å². The standard InChI is InChI=1S/C21H12N4O7/c26-19(22-13-4-2-6-15(10-13)24(29)30)12-3-1-5-14(9-12)23-20(27)17-8-7-16(25(31)32)11-18(17)21(23)28/h1-11H,(H,22,26). The molecule has 0 atom stereocenters. The van der Waals surface area contributed by atoms with E-state index in [2.05, 4.69) is 5.32 Å². The lowest BCUT2D eigenvalue weighted by atomic mass is 10.1. The van der Waals surface area contributed by atoms with Crippen molar-refractivity contribution in [3.63, 3.8) is 0 Å². The summed E-state index contributed by atoms with van der Waals surface area (Å²) >= 11 is 0. The molecule has 4 rings (SSSR count). The Morgan fingerprint density at radius 3 is 2.16 bits per heavy atom. The van der Waals surface area contributed by atoms with Crippen LogP contribution in [0.3, 0.4) is 0 Å². The number of anilines is 2. The molecule has 3 aromatic carbocycles. The first-order valence-corrected chi connectivity index (χ1v) is 9.09. The average Bonchev–Trinajstić information content (AvgIpc) is 3.03. The predicted octanol–water partition coefficient (Wildman–Crippen LogP) is 3.56. The Labute approximate surface area is 179 Å². The Hall–Kier alpha value is -4.93. The molecule has 0 saturated carbocycles. The fourth-order valence-corrected chi connectivity index (χ4v) is 3.26. The molecule has 0 aliphatic carbocycles. The minimum Gasteiger partial charge on any atom is -0.322 e. The van der Waals surface area contributed by atoms with E-state index in [1.807, 2.05) is 0 Å². The van der Waals surface area contributed by atoms with Crippen LogP contribution in [0.4, 0.5) is 22.7 Å². The molecule has 3 aromatic rings. The Morgan fingerprint density at radius 1 is 0.781 bits per heavy atom. The summed E-state index contributed by atoms with van der Waals surface area (Å²) in [7, 11) is 0. The van der Waals surface area contributed by atoms with Crippen LogP contribution in [0.15, 0.2) is 66.7 Å². The molecular weight excluding hydrogens is 420 g/mol. The third-order valence-corrected chi connectivity index (χ3v) is 4.76. The summed E-state index contributed by atoms with van der Waals surface area (Å²) in [5.74, 6) is -2.03. The number of nitro benzene ring substituents is 2. The van der Waals surface area contributed by atoms with Crippen LogP contribution in [0.1, 0.15) is 31.1 Å². The highest BCUT2D eigenvalue weighted by Crippen LogP contribution is 2.31. The number of hydrogen-bond donors (Lipinski definition) is 1. The second-order valence-corrected chi connectivity index (χ2v) is 6.74. The molecule has 0 fully saturated rings. The first-order chi connectivity index (χ1) is 15.3. The van der Waals surface area contributed by atoms with E-state index in [0.717, 1.165) is 17.0 Å². The van der Waals surface area contributed by atoms with Crippen molar-refractivity contribution in [2.45, 2.75) is 0 Å². The number of benzene rings is 3. The van der Waals surface area contributed by atoms with Crippen molar-refractivity contribution in [2.24, 2.45) is 0 Å². The van der Waals surface area contributed by atoms with Crippen LogP contribution in [0, 0.1) is 20.2 Å². The fraction of sp³-hybridized carbons (Fsp3) is 0. The van der Waals surface area contributed by atoms with Gasteiger partial charge >= 0.3 is 0 Å². The molecule has 0 saturated heterocycles. The summed E-state index contributed by atoms with van der Waals surface area (Å²) in [6.07, 6.45) is 0. The van der Waals surface area contributed by atoms with Crippen molar-refractivity contribution in [1.29, 1.82) is 0 Å².